The molecule has 0 saturated heterocycles. The van der Waals surface area contributed by atoms with E-state index in [1.165, 1.54) is 0 Å². The van der Waals surface area contributed by atoms with Gasteiger partial charge in [-0.05, 0) is 49.4 Å². The minimum absolute atomic E-state index is 0.327. The van der Waals surface area contributed by atoms with Crippen molar-refractivity contribution < 1.29 is 14.3 Å². The number of imidazole rings is 1. The first-order valence-electron chi connectivity index (χ1n) is 7.01. The van der Waals surface area contributed by atoms with Crippen molar-refractivity contribution in [1.29, 1.82) is 0 Å². The maximum Gasteiger partial charge on any atom is 0.338 e. The predicted molar refractivity (Wildman–Crippen MR) is 83.6 cm³/mol. The van der Waals surface area contributed by atoms with Crippen LogP contribution in [0.25, 0.3) is 16.7 Å². The normalized spacial score (nSPS) is 10.6. The molecule has 3 rings (SSSR count). The zero-order valence-electron chi connectivity index (χ0n) is 12.4. The molecule has 0 saturated carbocycles. The van der Waals surface area contributed by atoms with Crippen LogP contribution in [0.4, 0.5) is 0 Å². The number of carbonyl (C=O) groups excluding carboxylic acids is 1. The number of nitrogens with zero attached hydrogens (tertiary/aromatic N) is 2. The molecule has 0 radical (unpaired) electrons. The summed E-state index contributed by atoms with van der Waals surface area (Å²) in [6.45, 7) is 2.15. The van der Waals surface area contributed by atoms with E-state index in [4.69, 9.17) is 9.47 Å². The molecular weight excluding hydrogens is 280 g/mol. The fraction of sp³-hybridized carbons (Fsp3) is 0.176. The number of rotatable bonds is 4. The molecule has 2 aromatic carbocycles. The quantitative estimate of drug-likeness (QED) is 0.694. The first-order chi connectivity index (χ1) is 10.7. The van der Waals surface area contributed by atoms with Crippen LogP contribution in [-0.4, -0.2) is 29.2 Å². The van der Waals surface area contributed by atoms with Gasteiger partial charge in [-0.15, -0.1) is 0 Å². The lowest BCUT2D eigenvalue weighted by Gasteiger charge is -2.07. The fourth-order valence-corrected chi connectivity index (χ4v) is 2.30. The van der Waals surface area contributed by atoms with Crippen molar-refractivity contribution in [2.24, 2.45) is 0 Å². The fourth-order valence-electron chi connectivity index (χ4n) is 2.30. The summed E-state index contributed by atoms with van der Waals surface area (Å²) in [7, 11) is 1.63. The molecule has 0 N–H and O–H groups in total. The van der Waals surface area contributed by atoms with E-state index in [0.717, 1.165) is 22.5 Å². The second-order valence-corrected chi connectivity index (χ2v) is 4.74. The van der Waals surface area contributed by atoms with E-state index in [2.05, 4.69) is 4.98 Å². The van der Waals surface area contributed by atoms with Crippen molar-refractivity contribution >= 4 is 17.0 Å². The molecule has 0 amide bonds. The van der Waals surface area contributed by atoms with E-state index >= 15 is 0 Å². The van der Waals surface area contributed by atoms with Gasteiger partial charge in [0.1, 0.15) is 12.1 Å². The third-order valence-corrected chi connectivity index (χ3v) is 3.41. The Hall–Kier alpha value is -2.82. The van der Waals surface area contributed by atoms with Crippen LogP contribution in [0, 0.1) is 0 Å². The lowest BCUT2D eigenvalue weighted by atomic mass is 10.2. The Morgan fingerprint density at radius 1 is 1.18 bits per heavy atom. The largest absolute Gasteiger partial charge is 0.497 e. The molecule has 112 valence electrons. The van der Waals surface area contributed by atoms with E-state index in [1.54, 1.807) is 32.5 Å². The minimum Gasteiger partial charge on any atom is -0.497 e. The van der Waals surface area contributed by atoms with Gasteiger partial charge >= 0.3 is 5.97 Å². The molecule has 3 aromatic rings. The van der Waals surface area contributed by atoms with Gasteiger partial charge in [-0.3, -0.25) is 4.57 Å². The van der Waals surface area contributed by atoms with Gasteiger partial charge in [-0.1, -0.05) is 0 Å². The predicted octanol–water partition coefficient (Wildman–Crippen LogP) is 3.21. The first-order valence-corrected chi connectivity index (χ1v) is 7.01. The van der Waals surface area contributed by atoms with Crippen molar-refractivity contribution in [3.8, 4) is 11.4 Å². The van der Waals surface area contributed by atoms with Crippen molar-refractivity contribution in [3.63, 3.8) is 0 Å². The molecule has 5 nitrogen and oxygen atoms in total. The van der Waals surface area contributed by atoms with Gasteiger partial charge in [0.15, 0.2) is 0 Å². The molecule has 0 atom stereocenters. The third kappa shape index (κ3) is 2.53. The van der Waals surface area contributed by atoms with E-state index in [9.17, 15) is 4.79 Å². The highest BCUT2D eigenvalue weighted by molar-refractivity contribution is 5.94. The lowest BCUT2D eigenvalue weighted by molar-refractivity contribution is 0.0526. The Kier molecular flexibility index (Phi) is 3.78. The number of esters is 1. The molecule has 0 aliphatic heterocycles. The average Bonchev–Trinajstić information content (AvgIpc) is 2.98. The number of hydrogen-bond acceptors (Lipinski definition) is 4. The molecule has 0 unspecified atom stereocenters. The zero-order valence-corrected chi connectivity index (χ0v) is 12.4. The summed E-state index contributed by atoms with van der Waals surface area (Å²) in [6.07, 6.45) is 1.74. The number of carbonyl (C=O) groups is 1. The molecule has 0 bridgehead atoms. The Labute approximate surface area is 128 Å². The Balaban J connectivity index is 2.05. The first kappa shape index (κ1) is 14.1. The molecule has 0 fully saturated rings. The number of ether oxygens (including phenoxy) is 2. The number of methoxy groups -OCH3 is 1. The van der Waals surface area contributed by atoms with Gasteiger partial charge in [0, 0.05) is 5.69 Å². The van der Waals surface area contributed by atoms with Crippen LogP contribution in [0.5, 0.6) is 5.75 Å². The topological polar surface area (TPSA) is 53.3 Å². The molecule has 0 aliphatic rings. The highest BCUT2D eigenvalue weighted by atomic mass is 16.5. The van der Waals surface area contributed by atoms with Crippen LogP contribution in [-0.2, 0) is 4.74 Å². The maximum atomic E-state index is 11.9. The SMILES string of the molecule is CCOC(=O)c1ccc2ncn(-c3ccc(OC)cc3)c2c1. The number of aromatic nitrogens is 2. The summed E-state index contributed by atoms with van der Waals surface area (Å²) in [5, 5.41) is 0. The van der Waals surface area contributed by atoms with E-state index in [-0.39, 0.29) is 5.97 Å². The average molecular weight is 296 g/mol. The van der Waals surface area contributed by atoms with Crippen LogP contribution in [0.3, 0.4) is 0 Å². The number of benzene rings is 2. The summed E-state index contributed by atoms with van der Waals surface area (Å²) in [6, 6.07) is 13.0. The van der Waals surface area contributed by atoms with Crippen LogP contribution in [0.15, 0.2) is 48.8 Å². The minimum atomic E-state index is -0.327. The monoisotopic (exact) mass is 296 g/mol. The van der Waals surface area contributed by atoms with Crippen molar-refractivity contribution in [2.45, 2.75) is 6.92 Å². The van der Waals surface area contributed by atoms with Crippen LogP contribution in [0.2, 0.25) is 0 Å². The van der Waals surface area contributed by atoms with Crippen molar-refractivity contribution in [3.05, 3.63) is 54.4 Å². The van der Waals surface area contributed by atoms with E-state index in [1.807, 2.05) is 34.9 Å². The molecule has 0 spiro atoms. The highest BCUT2D eigenvalue weighted by Crippen LogP contribution is 2.21. The van der Waals surface area contributed by atoms with Crippen LogP contribution < -0.4 is 4.74 Å². The molecule has 0 aliphatic carbocycles. The van der Waals surface area contributed by atoms with Gasteiger partial charge < -0.3 is 9.47 Å². The summed E-state index contributed by atoms with van der Waals surface area (Å²) in [5.41, 5.74) is 3.15. The van der Waals surface area contributed by atoms with Gasteiger partial charge in [0.05, 0.1) is 30.3 Å². The molecule has 22 heavy (non-hydrogen) atoms. The van der Waals surface area contributed by atoms with Crippen molar-refractivity contribution in [2.75, 3.05) is 13.7 Å². The number of fused-ring (bicyclic) bond motifs is 1. The van der Waals surface area contributed by atoms with Gasteiger partial charge in [0.25, 0.3) is 0 Å². The number of hydrogen-bond donors (Lipinski definition) is 0. The second kappa shape index (κ2) is 5.89. The lowest BCUT2D eigenvalue weighted by Crippen LogP contribution is -2.04. The summed E-state index contributed by atoms with van der Waals surface area (Å²) in [5.74, 6) is 0.465. The summed E-state index contributed by atoms with van der Waals surface area (Å²) in [4.78, 5) is 16.2. The summed E-state index contributed by atoms with van der Waals surface area (Å²) >= 11 is 0. The van der Waals surface area contributed by atoms with Crippen LogP contribution in [0.1, 0.15) is 17.3 Å². The molecule has 5 heteroatoms. The molecule has 1 aromatic heterocycles. The Morgan fingerprint density at radius 2 is 1.95 bits per heavy atom. The summed E-state index contributed by atoms with van der Waals surface area (Å²) < 4.78 is 12.1. The molecular formula is C17H16N2O3. The van der Waals surface area contributed by atoms with Gasteiger partial charge in [0.2, 0.25) is 0 Å². The van der Waals surface area contributed by atoms with Gasteiger partial charge in [-0.25, -0.2) is 9.78 Å². The van der Waals surface area contributed by atoms with E-state index in [0.29, 0.717) is 12.2 Å². The standard InChI is InChI=1S/C17H16N2O3/c1-3-22-17(20)12-4-9-15-16(10-12)19(11-18-15)13-5-7-14(21-2)8-6-13/h4-11H,3H2,1-2H3. The Morgan fingerprint density at radius 3 is 2.64 bits per heavy atom. The second-order valence-electron chi connectivity index (χ2n) is 4.74. The highest BCUT2D eigenvalue weighted by Gasteiger charge is 2.11. The third-order valence-electron chi connectivity index (χ3n) is 3.41. The van der Waals surface area contributed by atoms with Crippen LogP contribution >= 0.6 is 0 Å². The zero-order chi connectivity index (χ0) is 15.5. The maximum absolute atomic E-state index is 11.9. The molecule has 1 heterocycles. The van der Waals surface area contributed by atoms with Crippen molar-refractivity contribution in [1.82, 2.24) is 9.55 Å². The smallest absolute Gasteiger partial charge is 0.338 e. The van der Waals surface area contributed by atoms with E-state index < -0.39 is 0 Å². The van der Waals surface area contributed by atoms with Gasteiger partial charge in [-0.2, -0.15) is 0 Å². The Bertz CT molecular complexity index is 806.